The quantitative estimate of drug-likeness (QED) is 0.0853. The molecule has 0 unspecified atom stereocenters. The lowest BCUT2D eigenvalue weighted by molar-refractivity contribution is -0.351. The van der Waals surface area contributed by atoms with Crippen molar-refractivity contribution < 1.29 is 98.5 Å². The van der Waals surface area contributed by atoms with Crippen LogP contribution in [0.15, 0.2) is 45.6 Å². The van der Waals surface area contributed by atoms with Crippen LogP contribution in [0.4, 0.5) is 0 Å². The molecule has 3 aliphatic heterocycles. The van der Waals surface area contributed by atoms with Crippen molar-refractivity contribution in [3.63, 3.8) is 0 Å². The molecule has 16 atom stereocenters. The molecule has 21 nitrogen and oxygen atoms in total. The topological polar surface area (TPSA) is 334 Å². The number of aromatic hydroxyl groups is 2. The number of phenols is 2. The van der Waals surface area contributed by atoms with E-state index >= 15 is 0 Å². The summed E-state index contributed by atoms with van der Waals surface area (Å²) in [7, 11) is 0. The Morgan fingerprint density at radius 2 is 1.34 bits per heavy atom. The number of carbonyl (C=O) groups excluding carboxylic acids is 1. The van der Waals surface area contributed by atoms with Crippen LogP contribution in [0.1, 0.15) is 27.2 Å². The molecule has 3 fully saturated rings. The summed E-state index contributed by atoms with van der Waals surface area (Å²) < 4.78 is 46.4. The fourth-order valence-electron chi connectivity index (χ4n) is 6.76. The van der Waals surface area contributed by atoms with Crippen LogP contribution < -0.4 is 14.9 Å². The van der Waals surface area contributed by atoms with E-state index in [1.807, 2.05) is 0 Å². The van der Waals surface area contributed by atoms with E-state index in [0.717, 1.165) is 12.1 Å². The van der Waals surface area contributed by atoms with Crippen molar-refractivity contribution in [1.82, 2.24) is 0 Å². The minimum absolute atomic E-state index is 0.121. The van der Waals surface area contributed by atoms with Gasteiger partial charge >= 0.3 is 5.97 Å². The first-order valence-corrected chi connectivity index (χ1v) is 18.8. The van der Waals surface area contributed by atoms with Gasteiger partial charge in [0.2, 0.25) is 23.8 Å². The van der Waals surface area contributed by atoms with Gasteiger partial charge in [-0.3, -0.25) is 9.59 Å². The molecule has 0 aliphatic carbocycles. The fourth-order valence-corrected chi connectivity index (χ4v) is 6.76. The van der Waals surface area contributed by atoms with Crippen molar-refractivity contribution in [3.8, 4) is 34.3 Å². The lowest BCUT2D eigenvalue weighted by Crippen LogP contribution is -2.65. The molecule has 11 N–H and O–H groups in total. The predicted molar refractivity (Wildman–Crippen MR) is 195 cm³/mol. The number of esters is 1. The molecule has 0 radical (unpaired) electrons. The van der Waals surface area contributed by atoms with E-state index in [2.05, 4.69) is 0 Å². The number of hydrogen-bond donors (Lipinski definition) is 11. The second-order valence-electron chi connectivity index (χ2n) is 14.6. The molecule has 3 aliphatic rings. The van der Waals surface area contributed by atoms with Gasteiger partial charge in [0.15, 0.2) is 18.2 Å². The zero-order valence-electron chi connectivity index (χ0n) is 31.8. The Labute approximate surface area is 334 Å². The number of carbonyl (C=O) groups is 1. The number of rotatable bonds is 12. The van der Waals surface area contributed by atoms with E-state index in [1.54, 1.807) is 13.8 Å². The molecule has 4 heterocycles. The van der Waals surface area contributed by atoms with Gasteiger partial charge in [-0.2, -0.15) is 0 Å². The largest absolute Gasteiger partial charge is 0.508 e. The van der Waals surface area contributed by atoms with Crippen molar-refractivity contribution in [3.05, 3.63) is 46.6 Å². The van der Waals surface area contributed by atoms with Gasteiger partial charge in [0.05, 0.1) is 25.2 Å². The Morgan fingerprint density at radius 3 is 1.93 bits per heavy atom. The van der Waals surface area contributed by atoms with Gasteiger partial charge in [-0.25, -0.2) is 0 Å². The molecule has 6 rings (SSSR count). The Kier molecular flexibility index (Phi) is 13.7. The molecular weight excluding hydrogens is 792 g/mol. The average Bonchev–Trinajstić information content (AvgIpc) is 3.21. The Balaban J connectivity index is 1.39. The molecule has 1 aromatic heterocycles. The molecule has 0 spiro atoms. The van der Waals surface area contributed by atoms with Crippen molar-refractivity contribution in [2.75, 3.05) is 13.2 Å². The summed E-state index contributed by atoms with van der Waals surface area (Å²) in [6.07, 6.45) is -24.8. The Bertz CT molecular complexity index is 1970. The molecule has 326 valence electrons. The van der Waals surface area contributed by atoms with Crippen LogP contribution in [0.2, 0.25) is 0 Å². The zero-order valence-corrected chi connectivity index (χ0v) is 31.8. The monoisotopic (exact) mass is 840 g/mol. The summed E-state index contributed by atoms with van der Waals surface area (Å²) in [6, 6.07) is 7.32. The van der Waals surface area contributed by atoms with Crippen LogP contribution in [0.25, 0.3) is 22.3 Å². The van der Waals surface area contributed by atoms with Gasteiger partial charge in [0, 0.05) is 17.7 Å². The third-order valence-corrected chi connectivity index (χ3v) is 10.5. The summed E-state index contributed by atoms with van der Waals surface area (Å²) in [6.45, 7) is 3.11. The standard InChI is InChI=1S/C38H48O21/c1-4-13(2)35(51)57-34-32(58-36-29(49)27(47)24(44)20(11-39)55-36)23(43)14(3)52-38(34)53-17-9-18(42)22-19(10-17)54-31(15-5-7-16(41)8-6-15)33(26(22)46)59-37-30(50)28(48)25(45)21(12-40)56-37/h5-10,13-14,20-21,23-25,27-30,32,34,36-45,47-50H,4,11-12H2,1-3H3/t13-,14-,20+,21+,23-,24+,25+,27-,28-,29+,30+,32+,34+,36-,37-,38-/m0/s1. The van der Waals surface area contributed by atoms with Crippen LogP contribution in [-0.4, -0.2) is 167 Å². The number of ether oxygens (including phenoxy) is 7. The van der Waals surface area contributed by atoms with Gasteiger partial charge < -0.3 is 93.7 Å². The molecule has 0 saturated carbocycles. The second-order valence-corrected chi connectivity index (χ2v) is 14.6. The van der Waals surface area contributed by atoms with Crippen LogP contribution in [0.3, 0.4) is 0 Å². The fraction of sp³-hybridized carbons (Fsp3) is 0.579. The summed E-state index contributed by atoms with van der Waals surface area (Å²) in [5, 5.41) is 114. The third-order valence-electron chi connectivity index (χ3n) is 10.5. The minimum atomic E-state index is -1.94. The van der Waals surface area contributed by atoms with Crippen LogP contribution in [0, 0.1) is 5.92 Å². The Morgan fingerprint density at radius 1 is 0.746 bits per heavy atom. The van der Waals surface area contributed by atoms with Crippen LogP contribution >= 0.6 is 0 Å². The summed E-state index contributed by atoms with van der Waals surface area (Å²) in [4.78, 5) is 27.3. The minimum Gasteiger partial charge on any atom is -0.508 e. The van der Waals surface area contributed by atoms with E-state index in [9.17, 15) is 65.8 Å². The maximum atomic E-state index is 14.1. The number of aliphatic hydroxyl groups excluding tert-OH is 9. The zero-order chi connectivity index (χ0) is 43.0. The maximum absolute atomic E-state index is 14.1. The lowest BCUT2D eigenvalue weighted by Gasteiger charge is -2.46. The van der Waals surface area contributed by atoms with Crippen molar-refractivity contribution >= 4 is 16.9 Å². The SMILES string of the molecule is CC[C@H](C)C(=O)O[C@H]1[C@H](Oc2cc(O)c3c(=O)c(O[C@@H]4O[C@H](CO)[C@@H](O)[C@H](O)[C@H]4O)c(-c4ccc(O)cc4)oc3c2)O[C@@H](C)[C@H](O)[C@H]1O[C@@H]1O[C@H](CO)[C@@H](O)[C@H](O)[C@H]1O. The predicted octanol–water partition coefficient (Wildman–Crippen LogP) is -2.32. The van der Waals surface area contributed by atoms with Crippen molar-refractivity contribution in [2.24, 2.45) is 5.92 Å². The van der Waals surface area contributed by atoms with Gasteiger partial charge in [0.25, 0.3) is 0 Å². The molecule has 0 amide bonds. The van der Waals surface area contributed by atoms with E-state index in [1.165, 1.54) is 31.2 Å². The molecule has 21 heteroatoms. The highest BCUT2D eigenvalue weighted by Gasteiger charge is 2.53. The number of aliphatic hydroxyl groups is 9. The maximum Gasteiger partial charge on any atom is 0.309 e. The first-order valence-electron chi connectivity index (χ1n) is 18.8. The van der Waals surface area contributed by atoms with Gasteiger partial charge in [-0.15, -0.1) is 0 Å². The molecule has 59 heavy (non-hydrogen) atoms. The van der Waals surface area contributed by atoms with Gasteiger partial charge in [-0.05, 0) is 37.6 Å². The lowest BCUT2D eigenvalue weighted by atomic mass is 9.97. The number of benzene rings is 2. The van der Waals surface area contributed by atoms with E-state index < -0.39 is 140 Å². The molecular formula is C38H48O21. The van der Waals surface area contributed by atoms with Crippen molar-refractivity contribution in [1.29, 1.82) is 0 Å². The molecule has 3 saturated heterocycles. The highest BCUT2D eigenvalue weighted by molar-refractivity contribution is 5.88. The second kappa shape index (κ2) is 18.2. The smallest absolute Gasteiger partial charge is 0.309 e. The van der Waals surface area contributed by atoms with Crippen LogP contribution in [-0.2, 0) is 28.5 Å². The molecule has 3 aromatic rings. The van der Waals surface area contributed by atoms with E-state index in [-0.39, 0.29) is 28.4 Å². The molecule has 2 aromatic carbocycles. The first-order chi connectivity index (χ1) is 28.0. The first kappa shape index (κ1) is 44.4. The highest BCUT2D eigenvalue weighted by atomic mass is 16.7. The van der Waals surface area contributed by atoms with Crippen molar-refractivity contribution in [2.45, 2.75) is 119 Å². The van der Waals surface area contributed by atoms with E-state index in [0.29, 0.717) is 6.42 Å². The van der Waals surface area contributed by atoms with Gasteiger partial charge in [0.1, 0.15) is 89.3 Å². The normalized spacial score (nSPS) is 35.6. The molecule has 0 bridgehead atoms. The average molecular weight is 841 g/mol. The number of phenolic OH excluding ortho intramolecular Hbond substituents is 2. The third kappa shape index (κ3) is 8.84. The van der Waals surface area contributed by atoms with Crippen LogP contribution in [0.5, 0.6) is 23.0 Å². The van der Waals surface area contributed by atoms with E-state index in [4.69, 9.17) is 37.6 Å². The Hall–Kier alpha value is -4.20. The number of fused-ring (bicyclic) bond motifs is 1. The summed E-state index contributed by atoms with van der Waals surface area (Å²) in [5.41, 5.74) is -1.24. The number of hydrogen-bond acceptors (Lipinski definition) is 21. The summed E-state index contributed by atoms with van der Waals surface area (Å²) >= 11 is 0. The van der Waals surface area contributed by atoms with Gasteiger partial charge in [-0.1, -0.05) is 13.8 Å². The highest BCUT2D eigenvalue weighted by Crippen LogP contribution is 2.39. The summed E-state index contributed by atoms with van der Waals surface area (Å²) in [5.74, 6) is -3.63.